The van der Waals surface area contributed by atoms with Gasteiger partial charge in [0.1, 0.15) is 0 Å². The van der Waals surface area contributed by atoms with Crippen molar-refractivity contribution in [3.63, 3.8) is 0 Å². The van der Waals surface area contributed by atoms with Gasteiger partial charge in [-0.2, -0.15) is 0 Å². The van der Waals surface area contributed by atoms with Crippen LogP contribution in [0.4, 0.5) is 0 Å². The summed E-state index contributed by atoms with van der Waals surface area (Å²) in [7, 11) is 1.38. The molecule has 0 N–H and O–H groups in total. The third-order valence-corrected chi connectivity index (χ3v) is 2.70. The van der Waals surface area contributed by atoms with Crippen LogP contribution in [0.2, 0.25) is 5.02 Å². The maximum atomic E-state index is 5.75. The molecule has 0 amide bonds. The summed E-state index contributed by atoms with van der Waals surface area (Å²) in [5, 5.41) is 0.728. The topological polar surface area (TPSA) is 0 Å². The summed E-state index contributed by atoms with van der Waals surface area (Å²) in [6, 6.07) is 5.67. The zero-order valence-corrected chi connectivity index (χ0v) is 8.90. The Morgan fingerprint density at radius 3 is 2.60 bits per heavy atom. The van der Waals surface area contributed by atoms with Crippen molar-refractivity contribution in [2.24, 2.45) is 0 Å². The quantitative estimate of drug-likeness (QED) is 0.584. The second-order valence-electron chi connectivity index (χ2n) is 1.70. The van der Waals surface area contributed by atoms with Gasteiger partial charge in [-0.15, -0.1) is 11.7 Å². The fraction of sp³-hybridized carbons (Fsp3) is 0. The normalized spacial score (nSPS) is 9.90. The lowest BCUT2D eigenvalue weighted by Crippen LogP contribution is -1.69. The van der Waals surface area contributed by atoms with Crippen LogP contribution in [-0.2, 0) is 0 Å². The van der Waals surface area contributed by atoms with Crippen LogP contribution in [0.3, 0.4) is 0 Å². The second-order valence-corrected chi connectivity index (χ2v) is 4.25. The lowest BCUT2D eigenvalue weighted by Gasteiger charge is -1.96. The summed E-state index contributed by atoms with van der Waals surface area (Å²) in [6.07, 6.45) is 0. The van der Waals surface area contributed by atoms with E-state index in [4.69, 9.17) is 11.6 Å². The van der Waals surface area contributed by atoms with E-state index < -0.39 is 0 Å². The molecule has 0 spiro atoms. The van der Waals surface area contributed by atoms with Crippen molar-refractivity contribution < 1.29 is 0 Å². The summed E-state index contributed by atoms with van der Waals surface area (Å²) in [5.41, 5.74) is 0. The molecule has 54 valence electrons. The minimum Gasteiger partial charge on any atom is -0.106 e. The number of rotatable bonds is 1. The van der Waals surface area contributed by atoms with Gasteiger partial charge in [-0.3, -0.25) is 0 Å². The number of hydrogen-bond acceptors (Lipinski definition) is 2. The standard InChI is InChI=1S/C6H4BrClS2/c7-4-1-5(8)3-6(2-4)10-9/h1-3,9H. The molecular formula is C6H4BrClS2. The predicted molar refractivity (Wildman–Crippen MR) is 54.0 cm³/mol. The van der Waals surface area contributed by atoms with Gasteiger partial charge in [0.05, 0.1) is 0 Å². The SMILES string of the molecule is SSc1cc(Cl)cc(Br)c1. The Kier molecular flexibility index (Phi) is 3.43. The first-order valence-electron chi connectivity index (χ1n) is 2.50. The molecule has 0 aliphatic rings. The molecule has 0 heterocycles. The fourth-order valence-corrected chi connectivity index (χ4v) is 2.33. The first-order chi connectivity index (χ1) is 4.72. The van der Waals surface area contributed by atoms with E-state index in [0.717, 1.165) is 14.4 Å². The summed E-state index contributed by atoms with van der Waals surface area (Å²) in [5.74, 6) is 0. The van der Waals surface area contributed by atoms with E-state index in [2.05, 4.69) is 27.6 Å². The van der Waals surface area contributed by atoms with Gasteiger partial charge in [-0.05, 0) is 18.2 Å². The van der Waals surface area contributed by atoms with E-state index in [1.165, 1.54) is 10.8 Å². The molecule has 0 aromatic heterocycles. The van der Waals surface area contributed by atoms with E-state index in [1.54, 1.807) is 0 Å². The largest absolute Gasteiger partial charge is 0.106 e. The number of thiol groups is 1. The zero-order valence-electron chi connectivity index (χ0n) is 4.84. The molecule has 0 saturated heterocycles. The highest BCUT2D eigenvalue weighted by Gasteiger charge is 1.95. The van der Waals surface area contributed by atoms with Crippen LogP contribution in [0, 0.1) is 0 Å². The van der Waals surface area contributed by atoms with Crippen molar-refractivity contribution in [2.75, 3.05) is 0 Å². The van der Waals surface area contributed by atoms with Crippen LogP contribution < -0.4 is 0 Å². The maximum absolute atomic E-state index is 5.75. The summed E-state index contributed by atoms with van der Waals surface area (Å²) < 4.78 is 0.983. The van der Waals surface area contributed by atoms with Gasteiger partial charge in [0.2, 0.25) is 0 Å². The Balaban J connectivity index is 3.06. The summed E-state index contributed by atoms with van der Waals surface area (Å²) in [4.78, 5) is 1.04. The summed E-state index contributed by atoms with van der Waals surface area (Å²) in [6.45, 7) is 0. The van der Waals surface area contributed by atoms with Gasteiger partial charge in [0.25, 0.3) is 0 Å². The molecule has 0 radical (unpaired) electrons. The molecule has 0 atom stereocenters. The molecule has 0 aliphatic carbocycles. The number of benzene rings is 1. The molecule has 0 aliphatic heterocycles. The van der Waals surface area contributed by atoms with E-state index >= 15 is 0 Å². The van der Waals surface area contributed by atoms with Crippen LogP contribution in [0.25, 0.3) is 0 Å². The van der Waals surface area contributed by atoms with Crippen LogP contribution in [-0.4, -0.2) is 0 Å². The molecule has 0 nitrogen and oxygen atoms in total. The molecule has 0 saturated carbocycles. The minimum atomic E-state index is 0.728. The van der Waals surface area contributed by atoms with Crippen molar-refractivity contribution >= 4 is 50.0 Å². The average Bonchev–Trinajstić information content (AvgIpc) is 1.85. The smallest absolute Gasteiger partial charge is 0.0428 e. The monoisotopic (exact) mass is 254 g/mol. The van der Waals surface area contributed by atoms with E-state index in [-0.39, 0.29) is 0 Å². The van der Waals surface area contributed by atoms with Gasteiger partial charge in [-0.1, -0.05) is 38.3 Å². The van der Waals surface area contributed by atoms with E-state index in [9.17, 15) is 0 Å². The fourth-order valence-electron chi connectivity index (χ4n) is 0.581. The lowest BCUT2D eigenvalue weighted by molar-refractivity contribution is 1.45. The molecule has 4 heteroatoms. The Bertz CT molecular complexity index is 219. The van der Waals surface area contributed by atoms with Gasteiger partial charge < -0.3 is 0 Å². The van der Waals surface area contributed by atoms with Crippen molar-refractivity contribution in [3.05, 3.63) is 27.7 Å². The van der Waals surface area contributed by atoms with E-state index in [1.807, 2.05) is 18.2 Å². The van der Waals surface area contributed by atoms with Crippen molar-refractivity contribution in [2.45, 2.75) is 4.90 Å². The van der Waals surface area contributed by atoms with Crippen LogP contribution >= 0.6 is 50.0 Å². The Morgan fingerprint density at radius 2 is 2.10 bits per heavy atom. The van der Waals surface area contributed by atoms with Gasteiger partial charge in [0.15, 0.2) is 0 Å². The van der Waals surface area contributed by atoms with Crippen LogP contribution in [0.15, 0.2) is 27.6 Å². The molecule has 10 heavy (non-hydrogen) atoms. The molecule has 0 bridgehead atoms. The van der Waals surface area contributed by atoms with E-state index in [0.29, 0.717) is 0 Å². The average molecular weight is 256 g/mol. The van der Waals surface area contributed by atoms with Crippen LogP contribution in [0.1, 0.15) is 0 Å². The highest BCUT2D eigenvalue weighted by Crippen LogP contribution is 2.28. The van der Waals surface area contributed by atoms with Gasteiger partial charge >= 0.3 is 0 Å². The third kappa shape index (κ3) is 2.38. The Labute approximate surface area is 82.3 Å². The van der Waals surface area contributed by atoms with Crippen molar-refractivity contribution in [1.82, 2.24) is 0 Å². The first-order valence-corrected chi connectivity index (χ1v) is 5.54. The maximum Gasteiger partial charge on any atom is 0.0428 e. The van der Waals surface area contributed by atoms with Crippen molar-refractivity contribution in [3.8, 4) is 0 Å². The molecule has 1 aromatic rings. The number of hydrogen-bond donors (Lipinski definition) is 1. The molecular weight excluding hydrogens is 252 g/mol. The molecule has 1 rings (SSSR count). The molecule has 0 unspecified atom stereocenters. The molecule has 0 fully saturated rings. The first kappa shape index (κ1) is 8.78. The number of halogens is 2. The Morgan fingerprint density at radius 1 is 1.40 bits per heavy atom. The zero-order chi connectivity index (χ0) is 7.56. The molecule has 1 aromatic carbocycles. The highest BCUT2D eigenvalue weighted by molar-refractivity contribution is 9.10. The third-order valence-electron chi connectivity index (χ3n) is 0.941. The highest BCUT2D eigenvalue weighted by atomic mass is 79.9. The van der Waals surface area contributed by atoms with Gasteiger partial charge in [0, 0.05) is 14.4 Å². The minimum absolute atomic E-state index is 0.728. The lowest BCUT2D eigenvalue weighted by atomic mass is 10.4. The van der Waals surface area contributed by atoms with Crippen molar-refractivity contribution in [1.29, 1.82) is 0 Å². The predicted octanol–water partition coefficient (Wildman–Crippen LogP) is 4.04. The second kappa shape index (κ2) is 3.90. The van der Waals surface area contributed by atoms with Crippen LogP contribution in [0.5, 0.6) is 0 Å². The van der Waals surface area contributed by atoms with Gasteiger partial charge in [-0.25, -0.2) is 0 Å². The summed E-state index contributed by atoms with van der Waals surface area (Å²) >= 11 is 13.1. The Hall–Kier alpha value is 0.690.